The lowest BCUT2D eigenvalue weighted by Crippen LogP contribution is -2.15. The first-order valence-corrected chi connectivity index (χ1v) is 7.11. The second kappa shape index (κ2) is 5.06. The maximum atomic E-state index is 11.6. The Hall–Kier alpha value is -1.43. The first kappa shape index (κ1) is 13.0. The minimum Gasteiger partial charge on any atom is -0.384 e. The molecule has 18 heavy (non-hydrogen) atoms. The Balaban J connectivity index is 2.71. The highest BCUT2D eigenvalue weighted by atomic mass is 32.2. The zero-order valence-corrected chi connectivity index (χ0v) is 10.9. The maximum Gasteiger partial charge on any atom is 0.238 e. The van der Waals surface area contributed by atoms with E-state index >= 15 is 0 Å². The Bertz CT molecular complexity index is 665. The van der Waals surface area contributed by atoms with Crippen LogP contribution in [0.1, 0.15) is 5.56 Å². The van der Waals surface area contributed by atoms with Gasteiger partial charge in [-0.25, -0.2) is 13.6 Å². The van der Waals surface area contributed by atoms with E-state index in [-0.39, 0.29) is 4.90 Å². The molecule has 0 radical (unpaired) electrons. The van der Waals surface area contributed by atoms with E-state index in [1.807, 2.05) is 24.3 Å². The average molecular weight is 265 g/mol. The van der Waals surface area contributed by atoms with E-state index in [1.54, 1.807) is 19.2 Å². The van der Waals surface area contributed by atoms with E-state index in [1.165, 1.54) is 0 Å². The van der Waals surface area contributed by atoms with E-state index in [0.29, 0.717) is 13.0 Å². The highest BCUT2D eigenvalue weighted by Crippen LogP contribution is 2.25. The van der Waals surface area contributed by atoms with E-state index in [0.717, 1.165) is 16.3 Å². The molecule has 0 bridgehead atoms. The highest BCUT2D eigenvalue weighted by Gasteiger charge is 2.16. The molecule has 2 rings (SSSR count). The van der Waals surface area contributed by atoms with Crippen LogP contribution in [0.2, 0.25) is 0 Å². The quantitative estimate of drug-likeness (QED) is 0.914. The van der Waals surface area contributed by atoms with Crippen LogP contribution < -0.4 is 5.14 Å². The fourth-order valence-electron chi connectivity index (χ4n) is 2.04. The van der Waals surface area contributed by atoms with Crippen molar-refractivity contribution in [2.45, 2.75) is 11.3 Å². The molecule has 2 N–H and O–H groups in total. The Morgan fingerprint density at radius 1 is 1.17 bits per heavy atom. The summed E-state index contributed by atoms with van der Waals surface area (Å²) in [5, 5.41) is 7.15. The number of rotatable bonds is 4. The van der Waals surface area contributed by atoms with E-state index in [4.69, 9.17) is 9.88 Å². The van der Waals surface area contributed by atoms with E-state index in [9.17, 15) is 8.42 Å². The number of benzene rings is 2. The summed E-state index contributed by atoms with van der Waals surface area (Å²) in [6.07, 6.45) is 0.517. The SMILES string of the molecule is COCCc1c(S(N)(=O)=O)ccc2ccccc12. The topological polar surface area (TPSA) is 69.4 Å². The van der Waals surface area contributed by atoms with Crippen LogP contribution >= 0.6 is 0 Å². The molecule has 96 valence electrons. The molecule has 4 nitrogen and oxygen atoms in total. The van der Waals surface area contributed by atoms with Crippen molar-refractivity contribution in [1.82, 2.24) is 0 Å². The smallest absolute Gasteiger partial charge is 0.238 e. The Morgan fingerprint density at radius 3 is 2.56 bits per heavy atom. The third-order valence-corrected chi connectivity index (χ3v) is 3.86. The van der Waals surface area contributed by atoms with Crippen LogP contribution in [0.3, 0.4) is 0 Å². The van der Waals surface area contributed by atoms with Crippen molar-refractivity contribution < 1.29 is 13.2 Å². The first-order chi connectivity index (χ1) is 8.54. The van der Waals surface area contributed by atoms with Crippen molar-refractivity contribution in [3.05, 3.63) is 42.0 Å². The van der Waals surface area contributed by atoms with Crippen LogP contribution in [0.4, 0.5) is 0 Å². The van der Waals surface area contributed by atoms with Gasteiger partial charge in [-0.3, -0.25) is 0 Å². The number of hydrogen-bond acceptors (Lipinski definition) is 3. The molecule has 0 atom stereocenters. The van der Waals surface area contributed by atoms with Gasteiger partial charge in [-0.05, 0) is 28.8 Å². The molecule has 0 heterocycles. The maximum absolute atomic E-state index is 11.6. The van der Waals surface area contributed by atoms with Crippen molar-refractivity contribution in [3.63, 3.8) is 0 Å². The number of nitrogens with two attached hydrogens (primary N) is 1. The molecule has 0 unspecified atom stereocenters. The number of primary sulfonamides is 1. The summed E-state index contributed by atoms with van der Waals surface area (Å²) >= 11 is 0. The van der Waals surface area contributed by atoms with E-state index < -0.39 is 10.0 Å². The molecule has 0 fully saturated rings. The molecule has 2 aromatic carbocycles. The van der Waals surface area contributed by atoms with Crippen LogP contribution in [-0.2, 0) is 21.2 Å². The molecule has 5 heteroatoms. The van der Waals surface area contributed by atoms with Crippen LogP contribution in [-0.4, -0.2) is 22.1 Å². The monoisotopic (exact) mass is 265 g/mol. The minimum atomic E-state index is -3.71. The normalized spacial score (nSPS) is 11.9. The Kier molecular flexibility index (Phi) is 3.65. The highest BCUT2D eigenvalue weighted by molar-refractivity contribution is 7.89. The van der Waals surface area contributed by atoms with Gasteiger partial charge in [0.05, 0.1) is 11.5 Å². The summed E-state index contributed by atoms with van der Waals surface area (Å²) in [5.41, 5.74) is 0.720. The largest absolute Gasteiger partial charge is 0.384 e. The van der Waals surface area contributed by atoms with Crippen LogP contribution in [0.15, 0.2) is 41.3 Å². The van der Waals surface area contributed by atoms with Crippen molar-refractivity contribution in [1.29, 1.82) is 0 Å². The second-order valence-electron chi connectivity index (χ2n) is 4.05. The molecule has 0 spiro atoms. The molecule has 0 saturated heterocycles. The molecular weight excluding hydrogens is 250 g/mol. The predicted octanol–water partition coefficient (Wildman–Crippen LogP) is 1.68. The lowest BCUT2D eigenvalue weighted by Gasteiger charge is -2.11. The molecule has 0 aliphatic carbocycles. The van der Waals surface area contributed by atoms with Crippen LogP contribution in [0.25, 0.3) is 10.8 Å². The Morgan fingerprint density at radius 2 is 1.89 bits per heavy atom. The summed E-state index contributed by atoms with van der Waals surface area (Å²) in [5.74, 6) is 0. The van der Waals surface area contributed by atoms with Gasteiger partial charge in [0.25, 0.3) is 0 Å². The van der Waals surface area contributed by atoms with Gasteiger partial charge >= 0.3 is 0 Å². The lowest BCUT2D eigenvalue weighted by molar-refractivity contribution is 0.202. The van der Waals surface area contributed by atoms with Crippen molar-refractivity contribution in [2.75, 3.05) is 13.7 Å². The summed E-state index contributed by atoms with van der Waals surface area (Å²) in [6, 6.07) is 11.0. The minimum absolute atomic E-state index is 0.179. The van der Waals surface area contributed by atoms with Crippen LogP contribution in [0, 0.1) is 0 Å². The molecule has 0 aromatic heterocycles. The predicted molar refractivity (Wildman–Crippen MR) is 70.9 cm³/mol. The summed E-state index contributed by atoms with van der Waals surface area (Å²) < 4.78 is 28.2. The molecule has 0 saturated carbocycles. The van der Waals surface area contributed by atoms with Crippen molar-refractivity contribution in [2.24, 2.45) is 5.14 Å². The number of hydrogen-bond donors (Lipinski definition) is 1. The molecular formula is C13H15NO3S. The van der Waals surface area contributed by atoms with Gasteiger partial charge in [0.15, 0.2) is 0 Å². The summed E-state index contributed by atoms with van der Waals surface area (Å²) in [7, 11) is -2.13. The molecule has 0 amide bonds. The van der Waals surface area contributed by atoms with Gasteiger partial charge < -0.3 is 4.74 Å². The molecule has 0 aliphatic rings. The number of sulfonamides is 1. The van der Waals surface area contributed by atoms with Gasteiger partial charge in [-0.1, -0.05) is 30.3 Å². The van der Waals surface area contributed by atoms with Gasteiger partial charge in [-0.15, -0.1) is 0 Å². The van der Waals surface area contributed by atoms with Crippen LogP contribution in [0.5, 0.6) is 0 Å². The van der Waals surface area contributed by atoms with Crippen molar-refractivity contribution in [3.8, 4) is 0 Å². The van der Waals surface area contributed by atoms with E-state index in [2.05, 4.69) is 0 Å². The molecule has 0 aliphatic heterocycles. The fourth-order valence-corrected chi connectivity index (χ4v) is 2.86. The zero-order chi connectivity index (χ0) is 13.2. The zero-order valence-electron chi connectivity index (χ0n) is 10.1. The summed E-state index contributed by atoms with van der Waals surface area (Å²) in [6.45, 7) is 0.455. The molecule has 2 aromatic rings. The Labute approximate surface area is 106 Å². The third-order valence-electron chi connectivity index (χ3n) is 2.86. The lowest BCUT2D eigenvalue weighted by atomic mass is 10.0. The standard InChI is InChI=1S/C13H15NO3S/c1-17-9-8-12-11-5-3-2-4-10(11)6-7-13(12)18(14,15)16/h2-7H,8-9H2,1H3,(H2,14,15,16). The second-order valence-corrected chi connectivity index (χ2v) is 5.58. The number of methoxy groups -OCH3 is 1. The average Bonchev–Trinajstić information content (AvgIpc) is 2.34. The third kappa shape index (κ3) is 2.53. The fraction of sp³-hybridized carbons (Fsp3) is 0.231. The van der Waals surface area contributed by atoms with Gasteiger partial charge in [0.1, 0.15) is 0 Å². The first-order valence-electron chi connectivity index (χ1n) is 5.56. The van der Waals surface area contributed by atoms with Crippen molar-refractivity contribution >= 4 is 20.8 Å². The number of ether oxygens (including phenoxy) is 1. The van der Waals surface area contributed by atoms with Gasteiger partial charge in [0, 0.05) is 7.11 Å². The van der Waals surface area contributed by atoms with Gasteiger partial charge in [-0.2, -0.15) is 0 Å². The number of fused-ring (bicyclic) bond motifs is 1. The summed E-state index contributed by atoms with van der Waals surface area (Å²) in [4.78, 5) is 0.179. The van der Waals surface area contributed by atoms with Gasteiger partial charge in [0.2, 0.25) is 10.0 Å².